The maximum absolute atomic E-state index is 12.9. The van der Waals surface area contributed by atoms with Crippen molar-refractivity contribution in [2.24, 2.45) is 0 Å². The molecular weight excluding hydrogens is 187 g/mol. The number of nitrogens with two attached hydrogens (primary N) is 2. The second-order valence-electron chi connectivity index (χ2n) is 2.83. The highest BCUT2D eigenvalue weighted by Gasteiger charge is 2.09. The third-order valence-electron chi connectivity index (χ3n) is 1.82. The highest BCUT2D eigenvalue weighted by Crippen LogP contribution is 2.20. The fraction of sp³-hybridized carbons (Fsp3) is 0.222. The number of methoxy groups -OCH3 is 1. The smallest absolute Gasteiger partial charge is 0.310 e. The van der Waals surface area contributed by atoms with Crippen LogP contribution in [0.2, 0.25) is 0 Å². The molecule has 0 atom stereocenters. The Hall–Kier alpha value is -1.78. The van der Waals surface area contributed by atoms with Gasteiger partial charge in [0.2, 0.25) is 0 Å². The number of rotatable bonds is 2. The molecule has 0 radical (unpaired) electrons. The number of esters is 1. The van der Waals surface area contributed by atoms with Crippen molar-refractivity contribution in [3.8, 4) is 0 Å². The van der Waals surface area contributed by atoms with E-state index in [0.717, 1.165) is 6.07 Å². The average molecular weight is 198 g/mol. The number of nitrogen functional groups attached to an aromatic ring is 2. The van der Waals surface area contributed by atoms with Gasteiger partial charge in [-0.05, 0) is 17.7 Å². The predicted octanol–water partition coefficient (Wildman–Crippen LogP) is 0.706. The van der Waals surface area contributed by atoms with Gasteiger partial charge in [-0.1, -0.05) is 0 Å². The summed E-state index contributed by atoms with van der Waals surface area (Å²) in [5, 5.41) is 0. The maximum Gasteiger partial charge on any atom is 0.310 e. The van der Waals surface area contributed by atoms with E-state index in [0.29, 0.717) is 5.56 Å². The van der Waals surface area contributed by atoms with Crippen molar-refractivity contribution in [3.05, 3.63) is 23.5 Å². The number of ether oxygens (including phenoxy) is 1. The van der Waals surface area contributed by atoms with Gasteiger partial charge in [-0.2, -0.15) is 0 Å². The summed E-state index contributed by atoms with van der Waals surface area (Å²) in [7, 11) is 1.27. The molecule has 0 aromatic heterocycles. The van der Waals surface area contributed by atoms with E-state index in [1.54, 1.807) is 0 Å². The van der Waals surface area contributed by atoms with E-state index in [-0.39, 0.29) is 17.8 Å². The van der Waals surface area contributed by atoms with Crippen LogP contribution in [0.15, 0.2) is 12.1 Å². The lowest BCUT2D eigenvalue weighted by Gasteiger charge is -2.06. The van der Waals surface area contributed by atoms with Crippen LogP contribution in [-0.2, 0) is 16.0 Å². The molecule has 1 aromatic carbocycles. The van der Waals surface area contributed by atoms with Crippen molar-refractivity contribution in [1.29, 1.82) is 0 Å². The van der Waals surface area contributed by atoms with Crippen molar-refractivity contribution in [1.82, 2.24) is 0 Å². The first kappa shape index (κ1) is 10.3. The molecule has 4 N–H and O–H groups in total. The second kappa shape index (κ2) is 3.95. The van der Waals surface area contributed by atoms with Gasteiger partial charge >= 0.3 is 5.97 Å². The molecule has 0 unspecified atom stereocenters. The van der Waals surface area contributed by atoms with Gasteiger partial charge in [-0.15, -0.1) is 0 Å². The zero-order chi connectivity index (χ0) is 10.7. The molecule has 76 valence electrons. The molecule has 0 bridgehead atoms. The van der Waals surface area contributed by atoms with Crippen LogP contribution in [0, 0.1) is 5.82 Å². The van der Waals surface area contributed by atoms with Gasteiger partial charge in [0.15, 0.2) is 0 Å². The van der Waals surface area contributed by atoms with Crippen molar-refractivity contribution in [2.45, 2.75) is 6.42 Å². The van der Waals surface area contributed by atoms with Gasteiger partial charge in [0, 0.05) is 5.69 Å². The van der Waals surface area contributed by atoms with Crippen LogP contribution in [0.5, 0.6) is 0 Å². The Labute approximate surface area is 80.6 Å². The zero-order valence-electron chi connectivity index (χ0n) is 7.71. The van der Waals surface area contributed by atoms with Crippen LogP contribution in [0.4, 0.5) is 15.8 Å². The Bertz CT molecular complexity index is 366. The van der Waals surface area contributed by atoms with E-state index >= 15 is 0 Å². The van der Waals surface area contributed by atoms with Gasteiger partial charge in [0.1, 0.15) is 5.82 Å². The summed E-state index contributed by atoms with van der Waals surface area (Å²) < 4.78 is 17.3. The van der Waals surface area contributed by atoms with E-state index in [1.807, 2.05) is 0 Å². The Morgan fingerprint density at radius 2 is 2.07 bits per heavy atom. The minimum atomic E-state index is -0.587. The van der Waals surface area contributed by atoms with Crippen LogP contribution in [-0.4, -0.2) is 13.1 Å². The van der Waals surface area contributed by atoms with Gasteiger partial charge in [0.25, 0.3) is 0 Å². The first-order valence-electron chi connectivity index (χ1n) is 3.94. The van der Waals surface area contributed by atoms with Gasteiger partial charge < -0.3 is 16.2 Å². The van der Waals surface area contributed by atoms with Gasteiger partial charge in [0.05, 0.1) is 19.2 Å². The Morgan fingerprint density at radius 3 is 2.64 bits per heavy atom. The summed E-state index contributed by atoms with van der Waals surface area (Å²) in [5.41, 5.74) is 11.4. The topological polar surface area (TPSA) is 78.3 Å². The second-order valence-corrected chi connectivity index (χ2v) is 2.83. The third-order valence-corrected chi connectivity index (χ3v) is 1.82. The van der Waals surface area contributed by atoms with Crippen molar-refractivity contribution in [3.63, 3.8) is 0 Å². The number of carbonyl (C=O) groups excluding carboxylic acids is 1. The Kier molecular flexibility index (Phi) is 2.91. The lowest BCUT2D eigenvalue weighted by molar-refractivity contribution is -0.139. The summed E-state index contributed by atoms with van der Waals surface area (Å²) >= 11 is 0. The molecule has 0 saturated heterocycles. The molecule has 0 spiro atoms. The van der Waals surface area contributed by atoms with Crippen LogP contribution in [0.1, 0.15) is 5.56 Å². The lowest BCUT2D eigenvalue weighted by atomic mass is 10.1. The fourth-order valence-corrected chi connectivity index (χ4v) is 1.03. The van der Waals surface area contributed by atoms with Crippen molar-refractivity contribution >= 4 is 17.3 Å². The SMILES string of the molecule is COC(=O)Cc1cc(N)c(F)cc1N. The molecule has 0 amide bonds. The molecule has 0 heterocycles. The number of benzene rings is 1. The molecule has 0 fully saturated rings. The minimum Gasteiger partial charge on any atom is -0.469 e. The van der Waals surface area contributed by atoms with E-state index in [2.05, 4.69) is 4.74 Å². The van der Waals surface area contributed by atoms with E-state index in [1.165, 1.54) is 13.2 Å². The summed E-state index contributed by atoms with van der Waals surface area (Å²) in [4.78, 5) is 10.9. The van der Waals surface area contributed by atoms with Crippen LogP contribution < -0.4 is 11.5 Å². The summed E-state index contributed by atoms with van der Waals surface area (Å²) in [6.45, 7) is 0. The molecule has 0 aliphatic carbocycles. The number of carbonyl (C=O) groups is 1. The molecule has 1 rings (SSSR count). The van der Waals surface area contributed by atoms with E-state index in [4.69, 9.17) is 11.5 Å². The Morgan fingerprint density at radius 1 is 1.43 bits per heavy atom. The molecule has 4 nitrogen and oxygen atoms in total. The normalized spacial score (nSPS) is 9.86. The number of halogens is 1. The third kappa shape index (κ3) is 2.12. The van der Waals surface area contributed by atoms with Crippen LogP contribution in [0.25, 0.3) is 0 Å². The maximum atomic E-state index is 12.9. The molecule has 0 aliphatic rings. The van der Waals surface area contributed by atoms with Gasteiger partial charge in [-0.3, -0.25) is 4.79 Å². The Balaban J connectivity index is 2.98. The highest BCUT2D eigenvalue weighted by molar-refractivity contribution is 5.75. The van der Waals surface area contributed by atoms with E-state index in [9.17, 15) is 9.18 Å². The molecule has 0 aliphatic heterocycles. The predicted molar refractivity (Wildman–Crippen MR) is 50.9 cm³/mol. The minimum absolute atomic E-state index is 0.00713. The van der Waals surface area contributed by atoms with Crippen LogP contribution in [0.3, 0.4) is 0 Å². The quantitative estimate of drug-likeness (QED) is 0.541. The summed E-state index contributed by atoms with van der Waals surface area (Å²) in [6, 6.07) is 2.43. The van der Waals surface area contributed by atoms with E-state index < -0.39 is 11.8 Å². The molecule has 1 aromatic rings. The largest absolute Gasteiger partial charge is 0.469 e. The molecule has 0 saturated carbocycles. The zero-order valence-corrected chi connectivity index (χ0v) is 7.71. The first-order valence-corrected chi connectivity index (χ1v) is 3.94. The monoisotopic (exact) mass is 198 g/mol. The van der Waals surface area contributed by atoms with Gasteiger partial charge in [-0.25, -0.2) is 4.39 Å². The van der Waals surface area contributed by atoms with Crippen molar-refractivity contribution < 1.29 is 13.9 Å². The van der Waals surface area contributed by atoms with Crippen LogP contribution >= 0.6 is 0 Å². The molecule has 14 heavy (non-hydrogen) atoms. The molecular formula is C9H11FN2O2. The summed E-state index contributed by atoms with van der Waals surface area (Å²) in [6.07, 6.45) is -0.00713. The molecule has 5 heteroatoms. The fourth-order valence-electron chi connectivity index (χ4n) is 1.03. The summed E-state index contributed by atoms with van der Waals surface area (Å²) in [5.74, 6) is -1.03. The number of anilines is 2. The highest BCUT2D eigenvalue weighted by atomic mass is 19.1. The van der Waals surface area contributed by atoms with Crippen molar-refractivity contribution in [2.75, 3.05) is 18.6 Å². The number of hydrogen-bond donors (Lipinski definition) is 2. The first-order chi connectivity index (χ1) is 6.54. The standard InChI is InChI=1S/C9H11FN2O2/c1-14-9(13)3-5-2-8(12)6(10)4-7(5)11/h2,4H,3,11-12H2,1H3. The lowest BCUT2D eigenvalue weighted by Crippen LogP contribution is -2.08. The number of hydrogen-bond acceptors (Lipinski definition) is 4. The average Bonchev–Trinajstić information content (AvgIpc) is 2.14.